The first kappa shape index (κ1) is 13.2. The van der Waals surface area contributed by atoms with Gasteiger partial charge in [0.2, 0.25) is 0 Å². The van der Waals surface area contributed by atoms with E-state index in [4.69, 9.17) is 17.0 Å². The molecular weight excluding hydrogens is 242 g/mol. The maximum Gasteiger partial charge on any atom is 0.147 e. The highest BCUT2D eigenvalue weighted by Crippen LogP contribution is 2.34. The van der Waals surface area contributed by atoms with Gasteiger partial charge in [0.1, 0.15) is 11.9 Å². The number of rotatable bonds is 4. The summed E-state index contributed by atoms with van der Waals surface area (Å²) < 4.78 is 5.98. The number of benzene rings is 1. The first-order valence-electron chi connectivity index (χ1n) is 6.49. The summed E-state index contributed by atoms with van der Waals surface area (Å²) in [6.07, 6.45) is 3.15. The van der Waals surface area contributed by atoms with Gasteiger partial charge in [0.25, 0.3) is 0 Å². The number of hydrogen-bond donors (Lipinski definition) is 1. The molecule has 1 aliphatic rings. The molecule has 2 rings (SSSR count). The number of nitrogens with one attached hydrogen (secondary N) is 1. The summed E-state index contributed by atoms with van der Waals surface area (Å²) in [6, 6.07) is 8.12. The zero-order valence-corrected chi connectivity index (χ0v) is 11.7. The van der Waals surface area contributed by atoms with Crippen molar-refractivity contribution >= 4 is 22.7 Å². The van der Waals surface area contributed by atoms with Crippen LogP contribution in [0.15, 0.2) is 30.3 Å². The molecule has 18 heavy (non-hydrogen) atoms. The average Bonchev–Trinajstić information content (AvgIpc) is 2.40. The van der Waals surface area contributed by atoms with E-state index < -0.39 is 0 Å². The topological polar surface area (TPSA) is 21.3 Å². The molecular formula is C15H19NOS. The highest BCUT2D eigenvalue weighted by molar-refractivity contribution is 7.81. The van der Waals surface area contributed by atoms with Crippen LogP contribution in [0.2, 0.25) is 0 Å². The van der Waals surface area contributed by atoms with Gasteiger partial charge < -0.3 is 10.1 Å². The van der Waals surface area contributed by atoms with Gasteiger partial charge in [-0.15, -0.1) is 0 Å². The van der Waals surface area contributed by atoms with Crippen molar-refractivity contribution in [2.24, 2.45) is 0 Å². The summed E-state index contributed by atoms with van der Waals surface area (Å²) in [6.45, 7) is 5.91. The molecule has 0 aliphatic carbocycles. The molecule has 1 aliphatic heterocycles. The smallest absolute Gasteiger partial charge is 0.147 e. The van der Waals surface area contributed by atoms with E-state index in [1.165, 1.54) is 0 Å². The summed E-state index contributed by atoms with van der Waals surface area (Å²) in [5.41, 5.74) is 2.29. The SMILES string of the molecule is CC/C=C1\C(=S)C(CNCC)Oc2ccccc21. The average molecular weight is 261 g/mol. The van der Waals surface area contributed by atoms with Crippen molar-refractivity contribution in [2.75, 3.05) is 13.1 Å². The van der Waals surface area contributed by atoms with Gasteiger partial charge in [0.15, 0.2) is 0 Å². The van der Waals surface area contributed by atoms with Crippen molar-refractivity contribution in [2.45, 2.75) is 26.4 Å². The predicted octanol–water partition coefficient (Wildman–Crippen LogP) is 3.22. The Morgan fingerprint density at radius 2 is 2.11 bits per heavy atom. The van der Waals surface area contributed by atoms with Gasteiger partial charge >= 0.3 is 0 Å². The van der Waals surface area contributed by atoms with E-state index in [9.17, 15) is 0 Å². The molecule has 1 unspecified atom stereocenters. The van der Waals surface area contributed by atoms with Gasteiger partial charge in [-0.25, -0.2) is 0 Å². The Bertz CT molecular complexity index is 467. The van der Waals surface area contributed by atoms with Crippen LogP contribution in [0.4, 0.5) is 0 Å². The number of para-hydroxylation sites is 1. The van der Waals surface area contributed by atoms with Crippen molar-refractivity contribution in [3.05, 3.63) is 35.9 Å². The van der Waals surface area contributed by atoms with Crippen molar-refractivity contribution in [3.8, 4) is 5.75 Å². The van der Waals surface area contributed by atoms with Crippen molar-refractivity contribution in [3.63, 3.8) is 0 Å². The second-order valence-electron chi connectivity index (χ2n) is 4.30. The lowest BCUT2D eigenvalue weighted by atomic mass is 9.94. The second kappa shape index (κ2) is 6.12. The molecule has 0 bridgehead atoms. The Morgan fingerprint density at radius 3 is 2.83 bits per heavy atom. The molecule has 0 radical (unpaired) electrons. The van der Waals surface area contributed by atoms with E-state index in [1.54, 1.807) is 0 Å². The quantitative estimate of drug-likeness (QED) is 0.664. The maximum atomic E-state index is 5.98. The van der Waals surface area contributed by atoms with Crippen LogP contribution in [0, 0.1) is 0 Å². The minimum atomic E-state index is -0.0346. The lowest BCUT2D eigenvalue weighted by Crippen LogP contribution is -2.40. The van der Waals surface area contributed by atoms with Crippen LogP contribution >= 0.6 is 12.2 Å². The fourth-order valence-corrected chi connectivity index (χ4v) is 2.45. The van der Waals surface area contributed by atoms with Gasteiger partial charge in [0, 0.05) is 12.1 Å². The van der Waals surface area contributed by atoms with E-state index in [2.05, 4.69) is 31.3 Å². The van der Waals surface area contributed by atoms with Gasteiger partial charge in [-0.3, -0.25) is 0 Å². The minimum absolute atomic E-state index is 0.0346. The summed E-state index contributed by atoms with van der Waals surface area (Å²) >= 11 is 5.57. The first-order chi connectivity index (χ1) is 8.77. The Labute approximate surface area is 114 Å². The number of allylic oxidation sites excluding steroid dienone is 1. The van der Waals surface area contributed by atoms with Gasteiger partial charge in [0.05, 0.1) is 4.86 Å². The van der Waals surface area contributed by atoms with Crippen molar-refractivity contribution in [1.29, 1.82) is 0 Å². The van der Waals surface area contributed by atoms with Crippen molar-refractivity contribution in [1.82, 2.24) is 5.32 Å². The Balaban J connectivity index is 2.34. The largest absolute Gasteiger partial charge is 0.483 e. The zero-order valence-electron chi connectivity index (χ0n) is 10.9. The fourth-order valence-electron chi connectivity index (χ4n) is 2.13. The Hall–Kier alpha value is -1.19. The molecule has 0 saturated carbocycles. The molecule has 0 aromatic heterocycles. The molecule has 0 amide bonds. The number of ether oxygens (including phenoxy) is 1. The molecule has 96 valence electrons. The van der Waals surface area contributed by atoms with E-state index in [-0.39, 0.29) is 6.10 Å². The Kier molecular flexibility index (Phi) is 4.50. The third-order valence-corrected chi connectivity index (χ3v) is 3.48. The summed E-state index contributed by atoms with van der Waals surface area (Å²) in [4.78, 5) is 0.913. The molecule has 1 atom stereocenters. The van der Waals surface area contributed by atoms with E-state index >= 15 is 0 Å². The summed E-state index contributed by atoms with van der Waals surface area (Å²) in [5.74, 6) is 0.939. The molecule has 1 aromatic carbocycles. The van der Waals surface area contributed by atoms with Gasteiger partial charge in [-0.2, -0.15) is 0 Å². The molecule has 0 spiro atoms. The highest BCUT2D eigenvalue weighted by atomic mass is 32.1. The lowest BCUT2D eigenvalue weighted by molar-refractivity contribution is 0.261. The monoisotopic (exact) mass is 261 g/mol. The van der Waals surface area contributed by atoms with Crippen LogP contribution in [-0.4, -0.2) is 24.1 Å². The molecule has 0 saturated heterocycles. The third kappa shape index (κ3) is 2.62. The van der Waals surface area contributed by atoms with E-state index in [0.29, 0.717) is 0 Å². The molecule has 0 fully saturated rings. The number of thiocarbonyl (C=S) groups is 1. The first-order valence-corrected chi connectivity index (χ1v) is 6.89. The van der Waals surface area contributed by atoms with Crippen molar-refractivity contribution < 1.29 is 4.74 Å². The van der Waals surface area contributed by atoms with Crippen LogP contribution in [0.1, 0.15) is 25.8 Å². The van der Waals surface area contributed by atoms with Crippen LogP contribution < -0.4 is 10.1 Å². The third-order valence-electron chi connectivity index (χ3n) is 2.99. The lowest BCUT2D eigenvalue weighted by Gasteiger charge is -2.29. The molecule has 1 aromatic rings. The number of likely N-dealkylation sites (N-methyl/N-ethyl adjacent to an activating group) is 1. The minimum Gasteiger partial charge on any atom is -0.483 e. The fraction of sp³-hybridized carbons (Fsp3) is 0.400. The van der Waals surface area contributed by atoms with E-state index in [0.717, 1.165) is 41.3 Å². The molecule has 1 heterocycles. The maximum absolute atomic E-state index is 5.98. The predicted molar refractivity (Wildman–Crippen MR) is 80.3 cm³/mol. The summed E-state index contributed by atoms with van der Waals surface area (Å²) in [7, 11) is 0. The normalized spacial score (nSPS) is 20.7. The van der Waals surface area contributed by atoms with Crippen LogP contribution in [0.25, 0.3) is 5.57 Å². The summed E-state index contributed by atoms with van der Waals surface area (Å²) in [5, 5.41) is 3.30. The highest BCUT2D eigenvalue weighted by Gasteiger charge is 2.27. The number of fused-ring (bicyclic) bond motifs is 1. The van der Waals surface area contributed by atoms with E-state index in [1.807, 2.05) is 18.2 Å². The zero-order chi connectivity index (χ0) is 13.0. The van der Waals surface area contributed by atoms with Gasteiger partial charge in [-0.05, 0) is 24.6 Å². The number of hydrogen-bond acceptors (Lipinski definition) is 3. The second-order valence-corrected chi connectivity index (χ2v) is 4.74. The molecule has 2 nitrogen and oxygen atoms in total. The molecule has 1 N–H and O–H groups in total. The van der Waals surface area contributed by atoms with Crippen LogP contribution in [0.5, 0.6) is 5.75 Å². The van der Waals surface area contributed by atoms with Gasteiger partial charge in [-0.1, -0.05) is 50.3 Å². The Morgan fingerprint density at radius 1 is 1.33 bits per heavy atom. The van der Waals surface area contributed by atoms with Crippen LogP contribution in [0.3, 0.4) is 0 Å². The standard InChI is InChI=1S/C15H19NOS/c1-3-7-12-11-8-5-6-9-13(11)17-14(15(12)18)10-16-4-2/h5-9,14,16H,3-4,10H2,1-2H3/b12-7-. The van der Waals surface area contributed by atoms with Crippen LogP contribution in [-0.2, 0) is 0 Å². The molecule has 3 heteroatoms.